The molecule has 0 aliphatic carbocycles. The van der Waals surface area contributed by atoms with Crippen LogP contribution in [0.1, 0.15) is 22.5 Å². The highest BCUT2D eigenvalue weighted by Gasteiger charge is 2.22. The molecule has 138 valence electrons. The van der Waals surface area contributed by atoms with Gasteiger partial charge in [-0.2, -0.15) is 0 Å². The molecule has 0 atom stereocenters. The quantitative estimate of drug-likeness (QED) is 0.890. The Morgan fingerprint density at radius 3 is 2.85 bits per heavy atom. The summed E-state index contributed by atoms with van der Waals surface area (Å²) in [5.41, 5.74) is 1.24. The van der Waals surface area contributed by atoms with Crippen LogP contribution < -0.4 is 5.32 Å². The summed E-state index contributed by atoms with van der Waals surface area (Å²) in [5, 5.41) is 5.29. The summed E-state index contributed by atoms with van der Waals surface area (Å²) < 4.78 is 13.3. The topological polar surface area (TPSA) is 65.5 Å². The number of aryl methyl sites for hydroxylation is 1. The van der Waals surface area contributed by atoms with E-state index >= 15 is 0 Å². The fraction of sp³-hybridized carbons (Fsp3) is 0.389. The van der Waals surface area contributed by atoms with Gasteiger partial charge in [0.25, 0.3) is 5.91 Å². The van der Waals surface area contributed by atoms with Crippen molar-refractivity contribution in [3.63, 3.8) is 0 Å². The Hall–Kier alpha value is -2.32. The molecule has 0 saturated carbocycles. The predicted molar refractivity (Wildman–Crippen MR) is 98.8 cm³/mol. The van der Waals surface area contributed by atoms with E-state index in [1.54, 1.807) is 11.0 Å². The standard InChI is InChI=1S/C18H21FN4O2S/c1-13-12-26-18(20-13)21-16(24)11-22-6-3-7-23(9-8-22)17(25)14-4-2-5-15(19)10-14/h2,4-5,10,12H,3,6-9,11H2,1H3,(H,20,21,24). The van der Waals surface area contributed by atoms with Gasteiger partial charge in [-0.25, -0.2) is 9.37 Å². The summed E-state index contributed by atoms with van der Waals surface area (Å²) in [7, 11) is 0. The molecule has 1 fully saturated rings. The average molecular weight is 376 g/mol. The second-order valence-electron chi connectivity index (χ2n) is 6.27. The predicted octanol–water partition coefficient (Wildman–Crippen LogP) is 2.38. The minimum atomic E-state index is -0.415. The summed E-state index contributed by atoms with van der Waals surface area (Å²) in [4.78, 5) is 32.7. The lowest BCUT2D eigenvalue weighted by Gasteiger charge is -2.21. The van der Waals surface area contributed by atoms with Gasteiger partial charge >= 0.3 is 0 Å². The first-order valence-corrected chi connectivity index (χ1v) is 9.38. The van der Waals surface area contributed by atoms with E-state index in [-0.39, 0.29) is 18.4 Å². The zero-order valence-corrected chi connectivity index (χ0v) is 15.4. The minimum absolute atomic E-state index is 0.107. The number of hydrogen-bond donors (Lipinski definition) is 1. The van der Waals surface area contributed by atoms with Gasteiger partial charge in [0.1, 0.15) is 5.82 Å². The van der Waals surface area contributed by atoms with Crippen molar-refractivity contribution in [1.29, 1.82) is 0 Å². The van der Waals surface area contributed by atoms with E-state index in [4.69, 9.17) is 0 Å². The Balaban J connectivity index is 1.53. The Morgan fingerprint density at radius 2 is 2.12 bits per heavy atom. The van der Waals surface area contributed by atoms with Gasteiger partial charge in [-0.15, -0.1) is 11.3 Å². The second-order valence-corrected chi connectivity index (χ2v) is 7.13. The molecule has 3 rings (SSSR count). The van der Waals surface area contributed by atoms with Crippen LogP contribution in [0.2, 0.25) is 0 Å². The summed E-state index contributed by atoms with van der Waals surface area (Å²) in [6.07, 6.45) is 0.769. The number of halogens is 1. The van der Waals surface area contributed by atoms with Crippen molar-refractivity contribution in [3.05, 3.63) is 46.7 Å². The zero-order valence-electron chi connectivity index (χ0n) is 14.6. The molecule has 1 aromatic heterocycles. The van der Waals surface area contributed by atoms with Gasteiger partial charge in [0.05, 0.1) is 12.2 Å². The Kier molecular flexibility index (Phi) is 5.95. The number of hydrogen-bond acceptors (Lipinski definition) is 5. The van der Waals surface area contributed by atoms with E-state index in [1.807, 2.05) is 17.2 Å². The molecule has 26 heavy (non-hydrogen) atoms. The minimum Gasteiger partial charge on any atom is -0.337 e. The first-order chi connectivity index (χ1) is 12.5. The van der Waals surface area contributed by atoms with Gasteiger partial charge < -0.3 is 10.2 Å². The molecule has 0 spiro atoms. The lowest BCUT2D eigenvalue weighted by molar-refractivity contribution is -0.117. The molecule has 0 radical (unpaired) electrons. The Labute approximate surface area is 155 Å². The maximum absolute atomic E-state index is 13.3. The largest absolute Gasteiger partial charge is 0.337 e. The fourth-order valence-electron chi connectivity index (χ4n) is 2.91. The van der Waals surface area contributed by atoms with Crippen LogP contribution in [0.15, 0.2) is 29.6 Å². The smallest absolute Gasteiger partial charge is 0.254 e. The normalized spacial score (nSPS) is 15.5. The van der Waals surface area contributed by atoms with Crippen LogP contribution >= 0.6 is 11.3 Å². The van der Waals surface area contributed by atoms with Gasteiger partial charge in [-0.1, -0.05) is 6.07 Å². The molecule has 8 heteroatoms. The Bertz CT molecular complexity index is 795. The van der Waals surface area contributed by atoms with Crippen LogP contribution in [0.25, 0.3) is 0 Å². The number of nitrogens with one attached hydrogen (secondary N) is 1. The number of benzene rings is 1. The van der Waals surface area contributed by atoms with E-state index < -0.39 is 5.82 Å². The number of carbonyl (C=O) groups is 2. The molecular formula is C18H21FN4O2S. The van der Waals surface area contributed by atoms with Crippen molar-refractivity contribution in [2.45, 2.75) is 13.3 Å². The number of amides is 2. The molecule has 1 aromatic carbocycles. The zero-order chi connectivity index (χ0) is 18.5. The van der Waals surface area contributed by atoms with Gasteiger partial charge in [0, 0.05) is 37.1 Å². The van der Waals surface area contributed by atoms with Gasteiger partial charge in [-0.3, -0.25) is 14.5 Å². The van der Waals surface area contributed by atoms with Gasteiger partial charge in [0.15, 0.2) is 5.13 Å². The number of carbonyl (C=O) groups excluding carboxylic acids is 2. The van der Waals surface area contributed by atoms with Crippen LogP contribution in [0.5, 0.6) is 0 Å². The third kappa shape index (κ3) is 4.86. The average Bonchev–Trinajstić information content (AvgIpc) is 2.87. The SMILES string of the molecule is Cc1csc(NC(=O)CN2CCCN(C(=O)c3cccc(F)c3)CC2)n1. The number of thiazole rings is 1. The van der Waals surface area contributed by atoms with E-state index in [0.29, 0.717) is 30.3 Å². The van der Waals surface area contributed by atoms with E-state index in [9.17, 15) is 14.0 Å². The molecule has 6 nitrogen and oxygen atoms in total. The maximum Gasteiger partial charge on any atom is 0.254 e. The third-order valence-electron chi connectivity index (χ3n) is 4.18. The molecule has 0 bridgehead atoms. The fourth-order valence-corrected chi connectivity index (χ4v) is 3.61. The highest BCUT2D eigenvalue weighted by atomic mass is 32.1. The van der Waals surface area contributed by atoms with E-state index in [2.05, 4.69) is 10.3 Å². The highest BCUT2D eigenvalue weighted by Crippen LogP contribution is 2.15. The molecule has 1 aliphatic heterocycles. The van der Waals surface area contributed by atoms with Gasteiger partial charge in [-0.05, 0) is 31.5 Å². The second kappa shape index (κ2) is 8.37. The molecule has 1 N–H and O–H groups in total. The van der Waals surface area contributed by atoms with Crippen molar-refractivity contribution in [3.8, 4) is 0 Å². The van der Waals surface area contributed by atoms with Crippen molar-refractivity contribution >= 4 is 28.3 Å². The third-order valence-corrected chi connectivity index (χ3v) is 5.06. The van der Waals surface area contributed by atoms with E-state index in [0.717, 1.165) is 18.7 Å². The van der Waals surface area contributed by atoms with Crippen molar-refractivity contribution in [1.82, 2.24) is 14.8 Å². The van der Waals surface area contributed by atoms with Crippen molar-refractivity contribution in [2.75, 3.05) is 38.0 Å². The highest BCUT2D eigenvalue weighted by molar-refractivity contribution is 7.13. The summed E-state index contributed by atoms with van der Waals surface area (Å²) in [6, 6.07) is 5.74. The lowest BCUT2D eigenvalue weighted by Crippen LogP contribution is -2.38. The Morgan fingerprint density at radius 1 is 1.27 bits per heavy atom. The van der Waals surface area contributed by atoms with Crippen LogP contribution in [0.3, 0.4) is 0 Å². The summed E-state index contributed by atoms with van der Waals surface area (Å²) >= 11 is 1.40. The lowest BCUT2D eigenvalue weighted by atomic mass is 10.2. The molecule has 2 aromatic rings. The molecule has 2 heterocycles. The van der Waals surface area contributed by atoms with Gasteiger partial charge in [0.2, 0.25) is 5.91 Å². The molecule has 0 unspecified atom stereocenters. The van der Waals surface area contributed by atoms with Crippen LogP contribution in [-0.2, 0) is 4.79 Å². The monoisotopic (exact) mass is 376 g/mol. The number of nitrogens with zero attached hydrogens (tertiary/aromatic N) is 3. The molecule has 2 amide bonds. The number of rotatable bonds is 4. The first-order valence-electron chi connectivity index (χ1n) is 8.50. The number of aromatic nitrogens is 1. The van der Waals surface area contributed by atoms with Crippen LogP contribution in [0, 0.1) is 12.7 Å². The summed E-state index contributed by atoms with van der Waals surface area (Å²) in [6.45, 7) is 4.59. The van der Waals surface area contributed by atoms with E-state index in [1.165, 1.54) is 29.5 Å². The van der Waals surface area contributed by atoms with Crippen LogP contribution in [0.4, 0.5) is 9.52 Å². The van der Waals surface area contributed by atoms with Crippen molar-refractivity contribution in [2.24, 2.45) is 0 Å². The first kappa shape index (κ1) is 18.5. The van der Waals surface area contributed by atoms with Crippen molar-refractivity contribution < 1.29 is 14.0 Å². The molecule has 1 aliphatic rings. The van der Waals surface area contributed by atoms with Crippen LogP contribution in [-0.4, -0.2) is 59.3 Å². The summed E-state index contributed by atoms with van der Waals surface area (Å²) in [5.74, 6) is -0.695. The molecule has 1 saturated heterocycles. The molecular weight excluding hydrogens is 355 g/mol. The number of anilines is 1. The maximum atomic E-state index is 13.3.